The zero-order valence-electron chi connectivity index (χ0n) is 13.9. The number of halogens is 1. The number of rotatable bonds is 7. The molecule has 0 unspecified atom stereocenters. The Morgan fingerprint density at radius 1 is 0.962 bits per heavy atom. The molecule has 0 spiro atoms. The number of amides is 2. The first-order valence-corrected chi connectivity index (χ1v) is 9.30. The Hall–Kier alpha value is -2.94. The lowest BCUT2D eigenvalue weighted by Gasteiger charge is -2.10. The lowest BCUT2D eigenvalue weighted by Crippen LogP contribution is -2.30. The number of para-hydroxylation sites is 2. The summed E-state index contributed by atoms with van der Waals surface area (Å²) in [7, 11) is -2.57. The minimum Gasteiger partial charge on any atom is -0.495 e. The molecule has 0 saturated carbocycles. The first-order valence-electron chi connectivity index (χ1n) is 7.48. The van der Waals surface area contributed by atoms with Gasteiger partial charge in [0.2, 0.25) is 11.8 Å². The highest BCUT2D eigenvalue weighted by Crippen LogP contribution is 2.22. The van der Waals surface area contributed by atoms with Crippen LogP contribution in [0.2, 0.25) is 0 Å². The summed E-state index contributed by atoms with van der Waals surface area (Å²) in [6.07, 6.45) is 0. The van der Waals surface area contributed by atoms with Crippen molar-refractivity contribution in [2.75, 3.05) is 29.2 Å². The molecule has 0 radical (unpaired) electrons. The van der Waals surface area contributed by atoms with E-state index >= 15 is 0 Å². The molecule has 0 fully saturated rings. The maximum atomic E-state index is 12.8. The summed E-state index contributed by atoms with van der Waals surface area (Å²) in [6, 6.07) is 11.4. The summed E-state index contributed by atoms with van der Waals surface area (Å²) in [5.74, 6) is -3.44. The molecule has 2 N–H and O–H groups in total. The van der Waals surface area contributed by atoms with Gasteiger partial charge in [-0.2, -0.15) is 0 Å². The van der Waals surface area contributed by atoms with Gasteiger partial charge in [-0.05, 0) is 36.4 Å². The average molecular weight is 380 g/mol. The second-order valence-corrected chi connectivity index (χ2v) is 7.40. The predicted octanol–water partition coefficient (Wildman–Crippen LogP) is 1.83. The van der Waals surface area contributed by atoms with E-state index in [0.717, 1.165) is 12.1 Å². The van der Waals surface area contributed by atoms with E-state index in [0.29, 0.717) is 11.4 Å². The third-order valence-electron chi connectivity index (χ3n) is 3.21. The standard InChI is InChI=1S/C17H17FN2O5S/c1-25-15-5-3-2-4-14(15)20-17(22)11-26(23,24)10-16(21)19-13-8-6-12(18)7-9-13/h2-9H,10-11H2,1H3,(H,19,21)(H,20,22). The monoisotopic (exact) mass is 380 g/mol. The number of hydrogen-bond acceptors (Lipinski definition) is 5. The van der Waals surface area contributed by atoms with Gasteiger partial charge < -0.3 is 15.4 Å². The number of nitrogens with one attached hydrogen (secondary N) is 2. The van der Waals surface area contributed by atoms with Crippen molar-refractivity contribution < 1.29 is 27.1 Å². The lowest BCUT2D eigenvalue weighted by atomic mass is 10.3. The van der Waals surface area contributed by atoms with Crippen molar-refractivity contribution in [1.82, 2.24) is 0 Å². The van der Waals surface area contributed by atoms with Crippen molar-refractivity contribution in [2.24, 2.45) is 0 Å². The Morgan fingerprint density at radius 3 is 2.15 bits per heavy atom. The summed E-state index contributed by atoms with van der Waals surface area (Å²) >= 11 is 0. The highest BCUT2D eigenvalue weighted by atomic mass is 32.2. The van der Waals surface area contributed by atoms with Gasteiger partial charge in [0.05, 0.1) is 12.8 Å². The molecule has 138 valence electrons. The normalized spacial score (nSPS) is 10.8. The molecule has 7 nitrogen and oxygen atoms in total. The first-order chi connectivity index (χ1) is 12.3. The van der Waals surface area contributed by atoms with Crippen LogP contribution in [0.3, 0.4) is 0 Å². The van der Waals surface area contributed by atoms with Gasteiger partial charge in [0, 0.05) is 5.69 Å². The zero-order valence-corrected chi connectivity index (χ0v) is 14.7. The van der Waals surface area contributed by atoms with Crippen LogP contribution in [0.1, 0.15) is 0 Å². The Morgan fingerprint density at radius 2 is 1.54 bits per heavy atom. The van der Waals surface area contributed by atoms with E-state index in [-0.39, 0.29) is 5.69 Å². The third kappa shape index (κ3) is 5.85. The van der Waals surface area contributed by atoms with Gasteiger partial charge in [-0.25, -0.2) is 12.8 Å². The molecule has 0 aliphatic heterocycles. The van der Waals surface area contributed by atoms with Crippen LogP contribution in [-0.2, 0) is 19.4 Å². The van der Waals surface area contributed by atoms with E-state index < -0.39 is 39.0 Å². The van der Waals surface area contributed by atoms with Crippen molar-refractivity contribution in [1.29, 1.82) is 0 Å². The quantitative estimate of drug-likeness (QED) is 0.763. The Bertz CT molecular complexity index is 898. The number of methoxy groups -OCH3 is 1. The zero-order chi connectivity index (χ0) is 19.2. The molecule has 0 bridgehead atoms. The van der Waals surface area contributed by atoms with Gasteiger partial charge >= 0.3 is 0 Å². The molecule has 0 aliphatic carbocycles. The van der Waals surface area contributed by atoms with Gasteiger partial charge in [-0.3, -0.25) is 9.59 Å². The maximum absolute atomic E-state index is 12.8. The predicted molar refractivity (Wildman–Crippen MR) is 95.3 cm³/mol. The van der Waals surface area contributed by atoms with E-state index in [1.807, 2.05) is 0 Å². The molecule has 9 heteroatoms. The van der Waals surface area contributed by atoms with E-state index in [2.05, 4.69) is 10.6 Å². The molecule has 2 rings (SSSR count). The fourth-order valence-corrected chi connectivity index (χ4v) is 3.16. The molecular weight excluding hydrogens is 363 g/mol. The maximum Gasteiger partial charge on any atom is 0.239 e. The van der Waals surface area contributed by atoms with Crippen LogP contribution < -0.4 is 15.4 Å². The van der Waals surface area contributed by atoms with Gasteiger partial charge in [0.25, 0.3) is 0 Å². The molecule has 0 saturated heterocycles. The third-order valence-corrected chi connectivity index (χ3v) is 4.62. The molecule has 0 heterocycles. The van der Waals surface area contributed by atoms with E-state index in [1.54, 1.807) is 24.3 Å². The molecule has 26 heavy (non-hydrogen) atoms. The summed E-state index contributed by atoms with van der Waals surface area (Å²) in [5, 5.41) is 4.76. The highest BCUT2D eigenvalue weighted by Gasteiger charge is 2.21. The van der Waals surface area contributed by atoms with Crippen LogP contribution in [0.5, 0.6) is 5.75 Å². The number of anilines is 2. The van der Waals surface area contributed by atoms with Crippen molar-refractivity contribution in [3.05, 3.63) is 54.3 Å². The molecule has 0 aromatic heterocycles. The minimum absolute atomic E-state index is 0.255. The van der Waals surface area contributed by atoms with Gasteiger partial charge in [0.15, 0.2) is 9.84 Å². The largest absolute Gasteiger partial charge is 0.495 e. The first kappa shape index (κ1) is 19.4. The van der Waals surface area contributed by atoms with Crippen LogP contribution in [0.15, 0.2) is 48.5 Å². The fourth-order valence-electron chi connectivity index (χ4n) is 2.11. The van der Waals surface area contributed by atoms with Crippen molar-refractivity contribution >= 4 is 33.0 Å². The van der Waals surface area contributed by atoms with E-state index in [9.17, 15) is 22.4 Å². The molecule has 2 aromatic carbocycles. The summed E-state index contributed by atoms with van der Waals surface area (Å²) < 4.78 is 41.9. The second-order valence-electron chi connectivity index (χ2n) is 5.34. The number of carbonyl (C=O) groups is 2. The number of hydrogen-bond donors (Lipinski definition) is 2. The van der Waals surface area contributed by atoms with Gasteiger partial charge in [0.1, 0.15) is 23.1 Å². The van der Waals surface area contributed by atoms with Gasteiger partial charge in [-0.15, -0.1) is 0 Å². The molecule has 0 atom stereocenters. The minimum atomic E-state index is -3.99. The SMILES string of the molecule is COc1ccccc1NC(=O)CS(=O)(=O)CC(=O)Nc1ccc(F)cc1. The van der Waals surface area contributed by atoms with Crippen LogP contribution in [0.4, 0.5) is 15.8 Å². The summed E-state index contributed by atoms with van der Waals surface area (Å²) in [5.41, 5.74) is 0.580. The Balaban J connectivity index is 1.93. The highest BCUT2D eigenvalue weighted by molar-refractivity contribution is 7.92. The molecule has 2 aromatic rings. The smallest absolute Gasteiger partial charge is 0.239 e. The van der Waals surface area contributed by atoms with Crippen LogP contribution >= 0.6 is 0 Å². The topological polar surface area (TPSA) is 102 Å². The summed E-state index contributed by atoms with van der Waals surface area (Å²) in [6.45, 7) is 0. The molecular formula is C17H17FN2O5S. The Labute approximate surface area is 150 Å². The average Bonchev–Trinajstić information content (AvgIpc) is 2.56. The van der Waals surface area contributed by atoms with Crippen LogP contribution in [-0.4, -0.2) is 38.8 Å². The second kappa shape index (κ2) is 8.43. The molecule has 2 amide bonds. The fraction of sp³-hybridized carbons (Fsp3) is 0.176. The number of carbonyl (C=O) groups excluding carboxylic acids is 2. The van der Waals surface area contributed by atoms with Crippen LogP contribution in [0, 0.1) is 5.82 Å². The van der Waals surface area contributed by atoms with Crippen molar-refractivity contribution in [2.45, 2.75) is 0 Å². The number of ether oxygens (including phenoxy) is 1. The van der Waals surface area contributed by atoms with Crippen molar-refractivity contribution in [3.8, 4) is 5.75 Å². The van der Waals surface area contributed by atoms with Crippen molar-refractivity contribution in [3.63, 3.8) is 0 Å². The number of sulfone groups is 1. The molecule has 0 aliphatic rings. The van der Waals surface area contributed by atoms with E-state index in [1.165, 1.54) is 19.2 Å². The van der Waals surface area contributed by atoms with Crippen LogP contribution in [0.25, 0.3) is 0 Å². The number of benzene rings is 2. The van der Waals surface area contributed by atoms with Gasteiger partial charge in [-0.1, -0.05) is 12.1 Å². The Kier molecular flexibility index (Phi) is 6.29. The lowest BCUT2D eigenvalue weighted by molar-refractivity contribution is -0.114. The van der Waals surface area contributed by atoms with E-state index in [4.69, 9.17) is 4.74 Å². The summed E-state index contributed by atoms with van der Waals surface area (Å²) in [4.78, 5) is 23.8.